The smallest absolute Gasteiger partial charge is 0.255 e. The molecule has 2 aromatic carbocycles. The van der Waals surface area contributed by atoms with Crippen LogP contribution in [0.2, 0.25) is 0 Å². The van der Waals surface area contributed by atoms with E-state index in [0.717, 1.165) is 54.9 Å². The van der Waals surface area contributed by atoms with Crippen LogP contribution < -0.4 is 10.2 Å². The minimum Gasteiger partial charge on any atom is -0.368 e. The van der Waals surface area contributed by atoms with Crippen molar-refractivity contribution in [1.29, 1.82) is 0 Å². The number of rotatable bonds is 9. The van der Waals surface area contributed by atoms with Gasteiger partial charge in [0.15, 0.2) is 0 Å². The van der Waals surface area contributed by atoms with E-state index in [4.69, 9.17) is 0 Å². The molecular formula is C25H32BrN3O2. The monoisotopic (exact) mass is 485 g/mol. The van der Waals surface area contributed by atoms with Crippen molar-refractivity contribution in [2.75, 3.05) is 36.4 Å². The number of carbonyl (C=O) groups is 2. The number of halogens is 1. The predicted octanol–water partition coefficient (Wildman–Crippen LogP) is 5.71. The molecule has 31 heavy (non-hydrogen) atoms. The lowest BCUT2D eigenvalue weighted by Gasteiger charge is -2.36. The van der Waals surface area contributed by atoms with Gasteiger partial charge in [-0.2, -0.15) is 0 Å². The zero-order valence-electron chi connectivity index (χ0n) is 18.3. The van der Waals surface area contributed by atoms with Crippen LogP contribution in [0, 0.1) is 0 Å². The molecule has 0 aliphatic carbocycles. The summed E-state index contributed by atoms with van der Waals surface area (Å²) in [6, 6.07) is 15.3. The molecule has 0 saturated carbocycles. The third-order valence-corrected chi connectivity index (χ3v) is 6.20. The van der Waals surface area contributed by atoms with Gasteiger partial charge in [0.1, 0.15) is 0 Å². The van der Waals surface area contributed by atoms with Gasteiger partial charge in [0.05, 0.1) is 0 Å². The van der Waals surface area contributed by atoms with Gasteiger partial charge >= 0.3 is 0 Å². The van der Waals surface area contributed by atoms with Crippen LogP contribution >= 0.6 is 15.9 Å². The molecule has 1 fully saturated rings. The number of anilines is 2. The minimum atomic E-state index is -0.129. The minimum absolute atomic E-state index is 0.129. The Hall–Kier alpha value is -2.34. The second-order valence-electron chi connectivity index (χ2n) is 8.04. The Morgan fingerprint density at radius 3 is 2.32 bits per heavy atom. The fourth-order valence-corrected chi connectivity index (χ4v) is 4.24. The third-order valence-electron chi connectivity index (χ3n) is 5.70. The lowest BCUT2D eigenvalue weighted by Crippen LogP contribution is -2.48. The highest BCUT2D eigenvalue weighted by Crippen LogP contribution is 2.21. The number of nitrogens with zero attached hydrogens (tertiary/aromatic N) is 2. The molecule has 0 bridgehead atoms. The van der Waals surface area contributed by atoms with Crippen LogP contribution in [-0.4, -0.2) is 42.9 Å². The first-order chi connectivity index (χ1) is 15.1. The quantitative estimate of drug-likeness (QED) is 0.462. The van der Waals surface area contributed by atoms with Gasteiger partial charge < -0.3 is 15.1 Å². The number of benzene rings is 2. The van der Waals surface area contributed by atoms with E-state index in [9.17, 15) is 9.59 Å². The summed E-state index contributed by atoms with van der Waals surface area (Å²) in [6.45, 7) is 5.43. The molecule has 0 aromatic heterocycles. The molecule has 1 aliphatic rings. The Balaban J connectivity index is 1.44. The largest absolute Gasteiger partial charge is 0.368 e. The topological polar surface area (TPSA) is 52.7 Å². The Labute approximate surface area is 193 Å². The first kappa shape index (κ1) is 23.3. The van der Waals surface area contributed by atoms with Crippen molar-refractivity contribution in [2.24, 2.45) is 0 Å². The number of nitrogens with one attached hydrogen (secondary N) is 1. The summed E-state index contributed by atoms with van der Waals surface area (Å²) in [5.74, 6) is 0.164. The average Bonchev–Trinajstić information content (AvgIpc) is 2.79. The molecule has 5 nitrogen and oxygen atoms in total. The van der Waals surface area contributed by atoms with Crippen molar-refractivity contribution in [2.45, 2.75) is 45.4 Å². The normalized spacial score (nSPS) is 13.9. The zero-order valence-corrected chi connectivity index (χ0v) is 19.9. The Kier molecular flexibility index (Phi) is 8.95. The lowest BCUT2D eigenvalue weighted by molar-refractivity contribution is -0.131. The van der Waals surface area contributed by atoms with Gasteiger partial charge in [0, 0.05) is 54.0 Å². The number of hydrogen-bond donors (Lipinski definition) is 1. The molecule has 6 heteroatoms. The molecule has 0 unspecified atom stereocenters. The van der Waals surface area contributed by atoms with E-state index in [-0.39, 0.29) is 5.91 Å². The molecule has 0 spiro atoms. The highest BCUT2D eigenvalue weighted by molar-refractivity contribution is 9.10. The van der Waals surface area contributed by atoms with Crippen molar-refractivity contribution in [3.63, 3.8) is 0 Å². The highest BCUT2D eigenvalue weighted by Gasteiger charge is 2.21. The maximum Gasteiger partial charge on any atom is 0.255 e. The van der Waals surface area contributed by atoms with Crippen LogP contribution in [-0.2, 0) is 4.79 Å². The number of amides is 2. The molecular weight excluding hydrogens is 454 g/mol. The first-order valence-corrected chi connectivity index (χ1v) is 12.1. The van der Waals surface area contributed by atoms with E-state index in [0.29, 0.717) is 17.9 Å². The molecule has 1 aliphatic heterocycles. The van der Waals surface area contributed by atoms with Gasteiger partial charge in [-0.25, -0.2) is 0 Å². The van der Waals surface area contributed by atoms with Crippen LogP contribution in [0.15, 0.2) is 53.0 Å². The van der Waals surface area contributed by atoms with Gasteiger partial charge in [-0.1, -0.05) is 54.6 Å². The number of carbonyl (C=O) groups excluding carboxylic acids is 2. The second kappa shape index (κ2) is 11.9. The maximum absolute atomic E-state index is 12.4. The molecule has 166 valence electrons. The van der Waals surface area contributed by atoms with Crippen molar-refractivity contribution in [3.8, 4) is 0 Å². The molecule has 2 amide bonds. The van der Waals surface area contributed by atoms with Crippen LogP contribution in [0.1, 0.15) is 55.8 Å². The summed E-state index contributed by atoms with van der Waals surface area (Å²) < 4.78 is 0.879. The Morgan fingerprint density at radius 2 is 1.65 bits per heavy atom. The highest BCUT2D eigenvalue weighted by atomic mass is 79.9. The van der Waals surface area contributed by atoms with Crippen molar-refractivity contribution >= 4 is 39.1 Å². The summed E-state index contributed by atoms with van der Waals surface area (Å²) in [6.07, 6.45) is 6.57. The van der Waals surface area contributed by atoms with E-state index in [1.165, 1.54) is 19.3 Å². The van der Waals surface area contributed by atoms with Gasteiger partial charge in [0.25, 0.3) is 5.91 Å². The van der Waals surface area contributed by atoms with Gasteiger partial charge in [0.2, 0.25) is 5.91 Å². The zero-order chi connectivity index (χ0) is 22.1. The SMILES string of the molecule is CCCCCCCC(=O)N1CCN(c2ccc(NC(=O)c3cccc(Br)c3)cc2)CC1. The Bertz CT molecular complexity index is 861. The second-order valence-corrected chi connectivity index (χ2v) is 8.96. The molecule has 1 N–H and O–H groups in total. The third kappa shape index (κ3) is 7.10. The fourth-order valence-electron chi connectivity index (χ4n) is 3.84. The van der Waals surface area contributed by atoms with E-state index >= 15 is 0 Å². The van der Waals surface area contributed by atoms with Crippen LogP contribution in [0.25, 0.3) is 0 Å². The molecule has 0 atom stereocenters. The molecule has 1 saturated heterocycles. The van der Waals surface area contributed by atoms with Crippen molar-refractivity contribution in [3.05, 3.63) is 58.6 Å². The van der Waals surface area contributed by atoms with Crippen LogP contribution in [0.5, 0.6) is 0 Å². The first-order valence-electron chi connectivity index (χ1n) is 11.3. The fraction of sp³-hybridized carbons (Fsp3) is 0.440. The maximum atomic E-state index is 12.4. The van der Waals surface area contributed by atoms with E-state index in [2.05, 4.69) is 33.1 Å². The molecule has 0 radical (unpaired) electrons. The lowest BCUT2D eigenvalue weighted by atomic mass is 10.1. The molecule has 1 heterocycles. The number of piperazine rings is 1. The van der Waals surface area contributed by atoms with Crippen molar-refractivity contribution in [1.82, 2.24) is 4.90 Å². The standard InChI is InChI=1S/C25H32BrN3O2/c1-2-3-4-5-6-10-24(30)29-17-15-28(16-18-29)23-13-11-22(12-14-23)27-25(31)20-8-7-9-21(26)19-20/h7-9,11-14,19H,2-6,10,15-18H2,1H3,(H,27,31). The number of unbranched alkanes of at least 4 members (excludes halogenated alkanes) is 4. The van der Waals surface area contributed by atoms with E-state index < -0.39 is 0 Å². The predicted molar refractivity (Wildman–Crippen MR) is 131 cm³/mol. The molecule has 3 rings (SSSR count). The van der Waals surface area contributed by atoms with Gasteiger partial charge in [-0.15, -0.1) is 0 Å². The van der Waals surface area contributed by atoms with Crippen LogP contribution in [0.4, 0.5) is 11.4 Å². The Morgan fingerprint density at radius 1 is 0.935 bits per heavy atom. The van der Waals surface area contributed by atoms with Crippen LogP contribution in [0.3, 0.4) is 0 Å². The summed E-state index contributed by atoms with van der Waals surface area (Å²) >= 11 is 3.39. The van der Waals surface area contributed by atoms with Gasteiger partial charge in [-0.3, -0.25) is 9.59 Å². The summed E-state index contributed by atoms with van der Waals surface area (Å²) in [4.78, 5) is 29.1. The van der Waals surface area contributed by atoms with E-state index in [1.54, 1.807) is 12.1 Å². The summed E-state index contributed by atoms with van der Waals surface area (Å²) in [5, 5.41) is 2.94. The van der Waals surface area contributed by atoms with Crippen molar-refractivity contribution < 1.29 is 9.59 Å². The average molecular weight is 486 g/mol. The summed E-state index contributed by atoms with van der Waals surface area (Å²) in [7, 11) is 0. The van der Waals surface area contributed by atoms with E-state index in [1.807, 2.05) is 41.3 Å². The summed E-state index contributed by atoms with van der Waals surface area (Å²) in [5.41, 5.74) is 2.50. The number of hydrogen-bond acceptors (Lipinski definition) is 3. The molecule has 2 aromatic rings. The van der Waals surface area contributed by atoms with Gasteiger partial charge in [-0.05, 0) is 48.9 Å².